The Bertz CT molecular complexity index is 1180. The predicted octanol–water partition coefficient (Wildman–Crippen LogP) is 4.19. The molecule has 0 aliphatic heterocycles. The van der Waals surface area contributed by atoms with Crippen molar-refractivity contribution in [2.24, 2.45) is 5.92 Å². The van der Waals surface area contributed by atoms with E-state index < -0.39 is 6.61 Å². The van der Waals surface area contributed by atoms with Crippen LogP contribution in [0, 0.1) is 17.8 Å². The Kier molecular flexibility index (Phi) is 5.44. The minimum absolute atomic E-state index is 0.00934. The summed E-state index contributed by atoms with van der Waals surface area (Å²) in [6.07, 6.45) is 3.34. The van der Waals surface area contributed by atoms with Crippen LogP contribution in [0.25, 0.3) is 22.2 Å². The lowest BCUT2D eigenvalue weighted by Crippen LogP contribution is -2.07. The molecular weight excluding hydrogens is 392 g/mol. The van der Waals surface area contributed by atoms with Crippen molar-refractivity contribution in [1.82, 2.24) is 14.8 Å². The van der Waals surface area contributed by atoms with E-state index in [0.717, 1.165) is 12.8 Å². The summed E-state index contributed by atoms with van der Waals surface area (Å²) in [6, 6.07) is 6.54. The largest absolute Gasteiger partial charge is 0.487 e. The average molecular weight is 413 g/mol. The van der Waals surface area contributed by atoms with Crippen LogP contribution in [-0.4, -0.2) is 27.5 Å². The number of fused-ring (bicyclic) bond motifs is 1. The van der Waals surface area contributed by atoms with Crippen LogP contribution in [0.5, 0.6) is 11.5 Å². The van der Waals surface area contributed by atoms with Crippen LogP contribution in [0.15, 0.2) is 35.3 Å². The van der Waals surface area contributed by atoms with E-state index in [-0.39, 0.29) is 29.1 Å². The van der Waals surface area contributed by atoms with Crippen LogP contribution in [0.2, 0.25) is 0 Å². The van der Waals surface area contributed by atoms with Gasteiger partial charge in [0.1, 0.15) is 0 Å². The molecule has 0 bridgehead atoms. The van der Waals surface area contributed by atoms with Gasteiger partial charge in [-0.2, -0.15) is 13.9 Å². The van der Waals surface area contributed by atoms with E-state index in [9.17, 15) is 13.6 Å². The van der Waals surface area contributed by atoms with Gasteiger partial charge in [0, 0.05) is 11.5 Å². The number of alkyl halides is 2. The molecule has 1 aliphatic carbocycles. The molecule has 0 amide bonds. The van der Waals surface area contributed by atoms with Gasteiger partial charge in [0.25, 0.3) is 5.56 Å². The van der Waals surface area contributed by atoms with Crippen LogP contribution in [0.4, 0.5) is 8.78 Å². The highest BCUT2D eigenvalue weighted by Crippen LogP contribution is 2.38. The number of ether oxygens (including phenoxy) is 2. The zero-order valence-corrected chi connectivity index (χ0v) is 16.6. The first-order valence-electron chi connectivity index (χ1n) is 9.73. The Morgan fingerprint density at radius 2 is 2.07 bits per heavy atom. The van der Waals surface area contributed by atoms with Crippen molar-refractivity contribution in [3.63, 3.8) is 0 Å². The molecule has 1 saturated carbocycles. The molecule has 6 nitrogen and oxygen atoms in total. The molecule has 4 rings (SSSR count). The standard InChI is InChI=1S/C22H21F2N3O3/c1-13(2)4-3-9-27-17(11-16-18(27)12-25-26-21(16)28)14-5-8-19(30-22(23)24)20(10-14)29-15-6-7-15/h5,8,10-13,15,22H,6-7,9H2,1-2H3,(H,26,28). The first-order valence-corrected chi connectivity index (χ1v) is 9.73. The monoisotopic (exact) mass is 413 g/mol. The van der Waals surface area contributed by atoms with Crippen LogP contribution in [-0.2, 0) is 6.54 Å². The quantitative estimate of drug-likeness (QED) is 0.615. The third-order valence-electron chi connectivity index (χ3n) is 4.64. The van der Waals surface area contributed by atoms with Crippen molar-refractivity contribution in [1.29, 1.82) is 0 Å². The zero-order chi connectivity index (χ0) is 21.3. The summed E-state index contributed by atoms with van der Waals surface area (Å²) in [4.78, 5) is 12.3. The minimum Gasteiger partial charge on any atom is -0.487 e. The van der Waals surface area contributed by atoms with Gasteiger partial charge in [-0.15, -0.1) is 0 Å². The molecule has 1 aromatic carbocycles. The fraction of sp³-hybridized carbons (Fsp3) is 0.364. The van der Waals surface area contributed by atoms with Crippen LogP contribution >= 0.6 is 0 Å². The van der Waals surface area contributed by atoms with Crippen molar-refractivity contribution in [3.8, 4) is 34.6 Å². The fourth-order valence-corrected chi connectivity index (χ4v) is 3.15. The van der Waals surface area contributed by atoms with Gasteiger partial charge >= 0.3 is 6.61 Å². The molecule has 0 spiro atoms. The third kappa shape index (κ3) is 4.30. The Morgan fingerprint density at radius 1 is 1.27 bits per heavy atom. The molecule has 156 valence electrons. The molecule has 30 heavy (non-hydrogen) atoms. The van der Waals surface area contributed by atoms with E-state index in [1.54, 1.807) is 24.4 Å². The first-order chi connectivity index (χ1) is 14.4. The van der Waals surface area contributed by atoms with E-state index in [1.165, 1.54) is 6.07 Å². The normalized spacial score (nSPS) is 13.5. The number of rotatable bonds is 6. The molecule has 0 radical (unpaired) electrons. The van der Waals surface area contributed by atoms with Gasteiger partial charge in [-0.1, -0.05) is 25.7 Å². The van der Waals surface area contributed by atoms with Crippen molar-refractivity contribution in [2.45, 2.75) is 45.9 Å². The third-order valence-corrected chi connectivity index (χ3v) is 4.64. The molecule has 2 aromatic heterocycles. The molecule has 1 N–H and O–H groups in total. The molecule has 3 aromatic rings. The number of halogens is 2. The van der Waals surface area contributed by atoms with Crippen LogP contribution in [0.3, 0.4) is 0 Å². The van der Waals surface area contributed by atoms with Crippen molar-refractivity contribution in [2.75, 3.05) is 0 Å². The second-order valence-electron chi connectivity index (χ2n) is 7.45. The molecular formula is C22H21F2N3O3. The number of aromatic amines is 1. The van der Waals surface area contributed by atoms with Gasteiger partial charge in [-0.3, -0.25) is 4.79 Å². The lowest BCUT2D eigenvalue weighted by Gasteiger charge is -2.14. The van der Waals surface area contributed by atoms with E-state index in [2.05, 4.69) is 26.8 Å². The Balaban J connectivity index is 1.82. The number of nitrogens with zero attached hydrogens (tertiary/aromatic N) is 2. The van der Waals surface area contributed by atoms with Gasteiger partial charge in [0.2, 0.25) is 0 Å². The van der Waals surface area contributed by atoms with Gasteiger partial charge in [-0.25, -0.2) is 5.10 Å². The highest BCUT2D eigenvalue weighted by Gasteiger charge is 2.26. The Labute approximate surface area is 171 Å². The lowest BCUT2D eigenvalue weighted by molar-refractivity contribution is -0.0516. The van der Waals surface area contributed by atoms with Crippen molar-refractivity contribution in [3.05, 3.63) is 40.8 Å². The number of hydrogen-bond donors (Lipinski definition) is 1. The second kappa shape index (κ2) is 8.19. The summed E-state index contributed by atoms with van der Waals surface area (Å²) in [7, 11) is 0. The molecule has 1 aliphatic rings. The molecule has 0 atom stereocenters. The molecule has 0 saturated heterocycles. The van der Waals surface area contributed by atoms with E-state index in [4.69, 9.17) is 4.74 Å². The van der Waals surface area contributed by atoms with Gasteiger partial charge in [0.05, 0.1) is 35.4 Å². The number of H-pyrrole nitrogens is 1. The summed E-state index contributed by atoms with van der Waals surface area (Å²) < 4.78 is 37.9. The number of hydrogen-bond acceptors (Lipinski definition) is 4. The molecule has 0 unspecified atom stereocenters. The number of nitrogens with one attached hydrogen (secondary N) is 1. The van der Waals surface area contributed by atoms with Crippen molar-refractivity contribution < 1.29 is 18.3 Å². The number of benzene rings is 1. The lowest BCUT2D eigenvalue weighted by atomic mass is 10.1. The summed E-state index contributed by atoms with van der Waals surface area (Å²) in [5, 5.41) is 6.81. The van der Waals surface area contributed by atoms with E-state index >= 15 is 0 Å². The summed E-state index contributed by atoms with van der Waals surface area (Å²) in [5.74, 6) is 6.69. The zero-order valence-electron chi connectivity index (χ0n) is 16.6. The fourth-order valence-electron chi connectivity index (χ4n) is 3.15. The highest BCUT2D eigenvalue weighted by atomic mass is 19.3. The number of aromatic nitrogens is 3. The predicted molar refractivity (Wildman–Crippen MR) is 109 cm³/mol. The topological polar surface area (TPSA) is 69.1 Å². The maximum atomic E-state index is 12.8. The average Bonchev–Trinajstić information content (AvgIpc) is 3.42. The molecule has 2 heterocycles. The second-order valence-corrected chi connectivity index (χ2v) is 7.45. The van der Waals surface area contributed by atoms with Crippen LogP contribution < -0.4 is 15.0 Å². The smallest absolute Gasteiger partial charge is 0.387 e. The van der Waals surface area contributed by atoms with E-state index in [0.29, 0.717) is 28.7 Å². The Morgan fingerprint density at radius 3 is 2.77 bits per heavy atom. The first kappa shape index (κ1) is 20.0. The highest BCUT2D eigenvalue weighted by molar-refractivity contribution is 5.86. The maximum Gasteiger partial charge on any atom is 0.387 e. The van der Waals surface area contributed by atoms with Gasteiger partial charge < -0.3 is 14.0 Å². The summed E-state index contributed by atoms with van der Waals surface area (Å²) >= 11 is 0. The molecule has 8 heteroatoms. The van der Waals surface area contributed by atoms with Gasteiger partial charge in [-0.05, 0) is 37.1 Å². The van der Waals surface area contributed by atoms with E-state index in [1.807, 2.05) is 18.4 Å². The van der Waals surface area contributed by atoms with Crippen LogP contribution in [0.1, 0.15) is 26.7 Å². The Hall–Kier alpha value is -3.34. The van der Waals surface area contributed by atoms with Crippen molar-refractivity contribution >= 4 is 10.9 Å². The SMILES string of the molecule is CC(C)C#CCn1c(-c2ccc(OC(F)F)c(OC3CC3)c2)cc2c(=O)[nH]ncc21. The summed E-state index contributed by atoms with van der Waals surface area (Å²) in [6.45, 7) is 1.41. The summed E-state index contributed by atoms with van der Waals surface area (Å²) in [5.41, 5.74) is 1.75. The minimum atomic E-state index is -2.94. The maximum absolute atomic E-state index is 12.8. The molecule has 1 fully saturated rings. The van der Waals surface area contributed by atoms with Gasteiger partial charge in [0.15, 0.2) is 11.5 Å².